The van der Waals surface area contributed by atoms with E-state index in [9.17, 15) is 9.59 Å². The molecule has 4 rings (SSSR count). The topological polar surface area (TPSA) is 96.9 Å². The van der Waals surface area contributed by atoms with Crippen LogP contribution >= 0.6 is 0 Å². The van der Waals surface area contributed by atoms with Crippen molar-refractivity contribution in [3.8, 4) is 5.75 Å². The third-order valence-corrected chi connectivity index (χ3v) is 6.19. The zero-order chi connectivity index (χ0) is 25.0. The Morgan fingerprint density at radius 2 is 1.69 bits per heavy atom. The van der Waals surface area contributed by atoms with Gasteiger partial charge in [-0.15, -0.1) is 5.10 Å². The molecule has 1 N–H and O–H groups in total. The van der Waals surface area contributed by atoms with Crippen LogP contribution in [0.15, 0.2) is 36.4 Å². The fourth-order valence-corrected chi connectivity index (χ4v) is 4.28. The van der Waals surface area contributed by atoms with E-state index < -0.39 is 5.60 Å². The monoisotopic (exact) mass is 481 g/mol. The summed E-state index contributed by atoms with van der Waals surface area (Å²) in [5.41, 5.74) is 1.13. The highest BCUT2D eigenvalue weighted by atomic mass is 16.6. The van der Waals surface area contributed by atoms with Gasteiger partial charge in [-0.2, -0.15) is 5.10 Å². The number of piperidine rings is 1. The normalized spacial score (nSPS) is 18.9. The molecule has 2 aliphatic rings. The van der Waals surface area contributed by atoms with Crippen molar-refractivity contribution < 1.29 is 19.1 Å². The lowest BCUT2D eigenvalue weighted by molar-refractivity contribution is -0.119. The predicted molar refractivity (Wildman–Crippen MR) is 134 cm³/mol. The number of rotatable bonds is 5. The highest BCUT2D eigenvalue weighted by Gasteiger charge is 2.30. The lowest BCUT2D eigenvalue weighted by atomic mass is 10.1. The lowest BCUT2D eigenvalue weighted by Gasteiger charge is -2.33. The maximum Gasteiger partial charge on any atom is 0.410 e. The molecular formula is C26H35N5O4. The molecule has 0 spiro atoms. The van der Waals surface area contributed by atoms with E-state index in [1.54, 1.807) is 4.90 Å². The molecule has 9 nitrogen and oxygen atoms in total. The molecule has 0 bridgehead atoms. The predicted octanol–water partition coefficient (Wildman–Crippen LogP) is 4.03. The Kier molecular flexibility index (Phi) is 7.42. The van der Waals surface area contributed by atoms with E-state index in [4.69, 9.17) is 9.47 Å². The Bertz CT molecular complexity index is 1010. The number of ether oxygens (including phenoxy) is 2. The first-order valence-corrected chi connectivity index (χ1v) is 12.3. The average molecular weight is 482 g/mol. The van der Waals surface area contributed by atoms with Gasteiger partial charge in [0.1, 0.15) is 17.5 Å². The molecular weight excluding hydrogens is 446 g/mol. The van der Waals surface area contributed by atoms with Crippen LogP contribution in [0.4, 0.5) is 16.3 Å². The van der Waals surface area contributed by atoms with Crippen LogP contribution in [-0.4, -0.2) is 65.0 Å². The van der Waals surface area contributed by atoms with Crippen LogP contribution < -0.4 is 15.0 Å². The van der Waals surface area contributed by atoms with Crippen molar-refractivity contribution in [3.63, 3.8) is 0 Å². The molecule has 2 aliphatic heterocycles. The third-order valence-electron chi connectivity index (χ3n) is 6.19. The minimum absolute atomic E-state index is 0.00996. The molecule has 188 valence electrons. The van der Waals surface area contributed by atoms with Crippen LogP contribution in [0.2, 0.25) is 0 Å². The fraction of sp³-hybridized carbons (Fsp3) is 0.538. The Morgan fingerprint density at radius 3 is 2.31 bits per heavy atom. The summed E-state index contributed by atoms with van der Waals surface area (Å²) in [5.74, 6) is 1.48. The van der Waals surface area contributed by atoms with E-state index in [-0.39, 0.29) is 24.0 Å². The van der Waals surface area contributed by atoms with Crippen LogP contribution in [0.5, 0.6) is 5.75 Å². The number of likely N-dealkylation sites (tertiary alicyclic amines) is 1. The molecule has 9 heteroatoms. The Labute approximate surface area is 206 Å². The van der Waals surface area contributed by atoms with Crippen LogP contribution in [-0.2, 0) is 9.53 Å². The maximum absolute atomic E-state index is 12.8. The lowest BCUT2D eigenvalue weighted by Crippen LogP contribution is -2.44. The van der Waals surface area contributed by atoms with E-state index in [0.717, 1.165) is 48.8 Å². The van der Waals surface area contributed by atoms with Gasteiger partial charge in [0, 0.05) is 44.7 Å². The van der Waals surface area contributed by atoms with E-state index in [2.05, 4.69) is 20.4 Å². The van der Waals surface area contributed by atoms with Crippen molar-refractivity contribution >= 4 is 23.5 Å². The van der Waals surface area contributed by atoms with Crippen molar-refractivity contribution in [3.05, 3.63) is 42.1 Å². The second kappa shape index (κ2) is 10.5. The van der Waals surface area contributed by atoms with E-state index in [0.29, 0.717) is 19.6 Å². The number of carbonyl (C=O) groups is 2. The van der Waals surface area contributed by atoms with Gasteiger partial charge >= 0.3 is 6.09 Å². The molecule has 1 atom stereocenters. The molecule has 0 saturated carbocycles. The second-order valence-corrected chi connectivity index (χ2v) is 10.3. The Morgan fingerprint density at radius 1 is 0.971 bits per heavy atom. The minimum atomic E-state index is -0.492. The molecule has 0 radical (unpaired) electrons. The molecule has 1 unspecified atom stereocenters. The number of nitrogens with one attached hydrogen (secondary N) is 1. The molecule has 1 aromatic heterocycles. The molecule has 35 heavy (non-hydrogen) atoms. The van der Waals surface area contributed by atoms with Gasteiger partial charge in [0.05, 0.1) is 11.6 Å². The fourth-order valence-electron chi connectivity index (χ4n) is 4.28. The van der Waals surface area contributed by atoms with Crippen molar-refractivity contribution in [1.29, 1.82) is 0 Å². The Hall–Kier alpha value is -3.36. The number of hydrogen-bond acceptors (Lipinski definition) is 7. The highest BCUT2D eigenvalue weighted by molar-refractivity contribution is 5.93. The summed E-state index contributed by atoms with van der Waals surface area (Å²) >= 11 is 0. The molecule has 2 aromatic rings. The van der Waals surface area contributed by atoms with Crippen LogP contribution in [0.25, 0.3) is 0 Å². The van der Waals surface area contributed by atoms with Gasteiger partial charge < -0.3 is 24.6 Å². The van der Waals surface area contributed by atoms with Gasteiger partial charge in [0.25, 0.3) is 0 Å². The zero-order valence-corrected chi connectivity index (χ0v) is 21.0. The quantitative estimate of drug-likeness (QED) is 0.689. The summed E-state index contributed by atoms with van der Waals surface area (Å²) in [6.45, 7) is 10.2. The van der Waals surface area contributed by atoms with Crippen molar-refractivity contribution in [1.82, 2.24) is 15.1 Å². The van der Waals surface area contributed by atoms with Crippen molar-refractivity contribution in [2.75, 3.05) is 36.4 Å². The number of benzene rings is 1. The summed E-state index contributed by atoms with van der Waals surface area (Å²) in [5, 5.41) is 11.4. The zero-order valence-electron chi connectivity index (χ0n) is 21.0. The van der Waals surface area contributed by atoms with Crippen molar-refractivity contribution in [2.24, 2.45) is 5.92 Å². The summed E-state index contributed by atoms with van der Waals surface area (Å²) in [6, 6.07) is 11.4. The molecule has 2 amide bonds. The average Bonchev–Trinajstić information content (AvgIpc) is 3.31. The first-order valence-electron chi connectivity index (χ1n) is 12.3. The number of aryl methyl sites for hydroxylation is 1. The molecule has 2 saturated heterocycles. The number of nitrogens with zero attached hydrogens (tertiary/aromatic N) is 4. The van der Waals surface area contributed by atoms with Gasteiger partial charge in [-0.05, 0) is 70.5 Å². The maximum atomic E-state index is 12.8. The minimum Gasteiger partial charge on any atom is -0.490 e. The van der Waals surface area contributed by atoms with Gasteiger partial charge in [0.2, 0.25) is 5.91 Å². The van der Waals surface area contributed by atoms with Crippen LogP contribution in [0, 0.1) is 12.8 Å². The van der Waals surface area contributed by atoms with Crippen LogP contribution in [0.1, 0.15) is 45.7 Å². The van der Waals surface area contributed by atoms with Gasteiger partial charge in [-0.25, -0.2) is 4.79 Å². The molecule has 0 aliphatic carbocycles. The van der Waals surface area contributed by atoms with Crippen LogP contribution in [0.3, 0.4) is 0 Å². The first kappa shape index (κ1) is 24.8. The van der Waals surface area contributed by atoms with E-state index in [1.807, 2.05) is 64.1 Å². The number of carbonyl (C=O) groups excluding carboxylic acids is 2. The standard InChI is InChI=1S/C26H35N5O4/c1-18-5-10-23(29-28-18)31-14-11-19(17-31)24(32)27-20-6-8-21(9-7-20)34-22-12-15-30(16-13-22)25(33)35-26(2,3)4/h5-10,19,22H,11-17H2,1-4H3,(H,27,32). The number of amides is 2. The summed E-state index contributed by atoms with van der Waals surface area (Å²) in [4.78, 5) is 28.8. The van der Waals surface area contributed by atoms with E-state index in [1.165, 1.54) is 0 Å². The smallest absolute Gasteiger partial charge is 0.410 e. The number of aromatic nitrogens is 2. The first-order chi connectivity index (χ1) is 16.7. The molecule has 3 heterocycles. The SMILES string of the molecule is Cc1ccc(N2CCC(C(=O)Nc3ccc(OC4CCN(C(=O)OC(C)(C)C)CC4)cc3)C2)nn1. The number of hydrogen-bond donors (Lipinski definition) is 1. The third kappa shape index (κ3) is 6.83. The van der Waals surface area contributed by atoms with Gasteiger partial charge in [-0.1, -0.05) is 0 Å². The summed E-state index contributed by atoms with van der Waals surface area (Å²) < 4.78 is 11.6. The van der Waals surface area contributed by atoms with Crippen molar-refractivity contribution in [2.45, 2.75) is 58.7 Å². The molecule has 1 aromatic carbocycles. The summed E-state index contributed by atoms with van der Waals surface area (Å²) in [7, 11) is 0. The number of anilines is 2. The van der Waals surface area contributed by atoms with E-state index >= 15 is 0 Å². The van der Waals surface area contributed by atoms with Gasteiger partial charge in [0.15, 0.2) is 5.82 Å². The van der Waals surface area contributed by atoms with Gasteiger partial charge in [-0.3, -0.25) is 4.79 Å². The Balaban J connectivity index is 1.22. The largest absolute Gasteiger partial charge is 0.490 e. The second-order valence-electron chi connectivity index (χ2n) is 10.3. The molecule has 2 fully saturated rings. The summed E-state index contributed by atoms with van der Waals surface area (Å²) in [6.07, 6.45) is 2.06. The highest BCUT2D eigenvalue weighted by Crippen LogP contribution is 2.25.